The average molecular weight is 647 g/mol. The summed E-state index contributed by atoms with van der Waals surface area (Å²) in [6.45, 7) is 3.37. The molecular weight excluding hydrogens is 604 g/mol. The number of aliphatic hydroxyl groups excluding tert-OH is 2. The van der Waals surface area contributed by atoms with Crippen molar-refractivity contribution in [3.8, 4) is 16.9 Å². The van der Waals surface area contributed by atoms with E-state index in [1.165, 1.54) is 25.3 Å². The Bertz CT molecular complexity index is 1660. The number of piperidine rings is 1. The van der Waals surface area contributed by atoms with Crippen LogP contribution in [0, 0.1) is 17.8 Å². The fourth-order valence-electron chi connectivity index (χ4n) is 8.32. The number of carbonyl (C=O) groups excluding carboxylic acids is 4. The van der Waals surface area contributed by atoms with Gasteiger partial charge in [0, 0.05) is 36.2 Å². The van der Waals surface area contributed by atoms with Crippen LogP contribution in [-0.2, 0) is 20.8 Å². The zero-order chi connectivity index (χ0) is 33.8. The van der Waals surface area contributed by atoms with E-state index >= 15 is 0 Å². The quantitative estimate of drug-likeness (QED) is 0.237. The highest BCUT2D eigenvalue weighted by molar-refractivity contribution is 6.25. The van der Waals surface area contributed by atoms with Gasteiger partial charge in [0.2, 0.25) is 11.7 Å². The number of primary amides is 1. The number of likely N-dealkylation sites (tertiary alicyclic amines) is 1. The number of likely N-dealkylation sites (N-methyl/N-ethyl adjacent to an activating group) is 1. The molecule has 12 heteroatoms. The molecule has 0 spiro atoms. The molecule has 3 fully saturated rings. The lowest BCUT2D eigenvalue weighted by Gasteiger charge is -2.53. The van der Waals surface area contributed by atoms with E-state index in [4.69, 9.17) is 5.73 Å². The fraction of sp³-hybridized carbons (Fsp3) is 0.486. The lowest BCUT2D eigenvalue weighted by Crippen LogP contribution is -2.73. The first-order valence-electron chi connectivity index (χ1n) is 16.2. The van der Waals surface area contributed by atoms with Crippen molar-refractivity contribution in [1.82, 2.24) is 15.1 Å². The van der Waals surface area contributed by atoms with E-state index in [1.807, 2.05) is 6.07 Å². The molecule has 250 valence electrons. The second-order valence-electron chi connectivity index (χ2n) is 13.5. The van der Waals surface area contributed by atoms with Crippen LogP contribution < -0.4 is 11.1 Å². The largest absolute Gasteiger partial charge is 0.507 e. The van der Waals surface area contributed by atoms with Crippen molar-refractivity contribution in [1.29, 1.82) is 0 Å². The number of amides is 2. The molecule has 0 aromatic heterocycles. The summed E-state index contributed by atoms with van der Waals surface area (Å²) in [5, 5.41) is 48.4. The fourth-order valence-corrected chi connectivity index (χ4v) is 8.32. The molecule has 47 heavy (non-hydrogen) atoms. The van der Waals surface area contributed by atoms with Crippen LogP contribution in [0.15, 0.2) is 42.0 Å². The van der Waals surface area contributed by atoms with Crippen LogP contribution in [0.5, 0.6) is 5.75 Å². The third kappa shape index (κ3) is 5.42. The van der Waals surface area contributed by atoms with Crippen LogP contribution in [0.1, 0.15) is 47.2 Å². The standard InChI is InChI=1S/C35H42N4O8/c1-38(2)28-23-17-20-16-22-21(18-7-6-8-19(15-18)34(46)37-11-14-39-12-4-3-5-13-39)9-10-24(40)26(22)29(41)25(20)31(43)35(23,47)32(44)27(30(28)42)33(36)45/h6-10,15,20,23,27-28,30,40-42,47H,3-5,11-14,16-17H2,1-2H3,(H2,36,45)(H,37,46)/t20-,23-,27?,28-,30?,35-/m0/s1. The molecule has 2 saturated carbocycles. The molecule has 12 nitrogen and oxygen atoms in total. The minimum absolute atomic E-state index is 0.000518. The molecule has 0 radical (unpaired) electrons. The molecule has 1 aliphatic heterocycles. The molecule has 6 rings (SSSR count). The Labute approximate surface area is 272 Å². The maximum atomic E-state index is 14.1. The van der Waals surface area contributed by atoms with Crippen LogP contribution in [-0.4, -0.2) is 112 Å². The number of rotatable bonds is 7. The van der Waals surface area contributed by atoms with Gasteiger partial charge in [-0.1, -0.05) is 24.6 Å². The Morgan fingerprint density at radius 2 is 1.81 bits per heavy atom. The lowest BCUT2D eigenvalue weighted by molar-refractivity contribution is -0.184. The molecule has 2 aromatic carbocycles. The van der Waals surface area contributed by atoms with Gasteiger partial charge in [0.15, 0.2) is 11.4 Å². The summed E-state index contributed by atoms with van der Waals surface area (Å²) < 4.78 is 0. The predicted molar refractivity (Wildman–Crippen MR) is 172 cm³/mol. The van der Waals surface area contributed by atoms with Gasteiger partial charge in [-0.25, -0.2) is 0 Å². The normalized spacial score (nSPS) is 29.3. The number of hydrogen-bond donors (Lipinski definition) is 6. The van der Waals surface area contributed by atoms with E-state index < -0.39 is 58.7 Å². The number of aliphatic hydroxyl groups is 3. The minimum Gasteiger partial charge on any atom is -0.507 e. The first-order valence-corrected chi connectivity index (χ1v) is 16.2. The Hall–Kier alpha value is -4.10. The van der Waals surface area contributed by atoms with Crippen molar-refractivity contribution in [2.75, 3.05) is 40.3 Å². The Morgan fingerprint density at radius 3 is 2.49 bits per heavy atom. The molecule has 3 aliphatic carbocycles. The van der Waals surface area contributed by atoms with Crippen molar-refractivity contribution in [3.63, 3.8) is 0 Å². The third-order valence-corrected chi connectivity index (χ3v) is 10.6. The molecule has 0 bridgehead atoms. The monoisotopic (exact) mass is 646 g/mol. The highest BCUT2D eigenvalue weighted by atomic mass is 16.3. The summed E-state index contributed by atoms with van der Waals surface area (Å²) in [6.07, 6.45) is 2.20. The highest BCUT2D eigenvalue weighted by Crippen LogP contribution is 2.53. The first-order chi connectivity index (χ1) is 22.4. The van der Waals surface area contributed by atoms with E-state index in [9.17, 15) is 39.6 Å². The molecule has 2 unspecified atom stereocenters. The molecule has 2 amide bonds. The van der Waals surface area contributed by atoms with Gasteiger partial charge in [-0.3, -0.25) is 19.2 Å². The molecule has 4 aliphatic rings. The topological polar surface area (TPSA) is 194 Å². The van der Waals surface area contributed by atoms with Crippen LogP contribution in [0.2, 0.25) is 0 Å². The van der Waals surface area contributed by atoms with Crippen molar-refractivity contribution in [3.05, 3.63) is 58.7 Å². The summed E-state index contributed by atoms with van der Waals surface area (Å²) in [6, 6.07) is 9.14. The zero-order valence-electron chi connectivity index (χ0n) is 26.6. The Balaban J connectivity index is 1.35. The third-order valence-electron chi connectivity index (χ3n) is 10.6. The van der Waals surface area contributed by atoms with E-state index in [-0.39, 0.29) is 35.6 Å². The van der Waals surface area contributed by atoms with Gasteiger partial charge in [0.25, 0.3) is 5.91 Å². The van der Waals surface area contributed by atoms with Crippen molar-refractivity contribution in [2.24, 2.45) is 23.5 Å². The number of phenolic OH excluding ortho intramolecular Hbond substituents is 1. The molecular formula is C35H42N4O8. The van der Waals surface area contributed by atoms with Crippen molar-refractivity contribution >= 4 is 29.1 Å². The second kappa shape index (κ2) is 12.5. The number of hydrogen-bond acceptors (Lipinski definition) is 10. The number of phenols is 1. The molecule has 6 atom stereocenters. The lowest BCUT2D eigenvalue weighted by atomic mass is 9.54. The van der Waals surface area contributed by atoms with Gasteiger partial charge in [-0.2, -0.15) is 0 Å². The number of nitrogens with one attached hydrogen (secondary N) is 1. The SMILES string of the molecule is CN(C)[C@@H]1C(O)C(C(N)=O)C(=O)[C@@]2(O)C(=O)C3=C(O)c4c(O)ccc(-c5cccc(C(=O)NCCN6CCCCC6)c5)c4C[C@H]3C[C@@H]12. The van der Waals surface area contributed by atoms with E-state index in [0.29, 0.717) is 28.8 Å². The summed E-state index contributed by atoms with van der Waals surface area (Å²) in [5.41, 5.74) is 4.81. The summed E-state index contributed by atoms with van der Waals surface area (Å²) in [7, 11) is 3.22. The number of aromatic hydroxyl groups is 1. The van der Waals surface area contributed by atoms with Crippen LogP contribution in [0.3, 0.4) is 0 Å². The Morgan fingerprint density at radius 1 is 1.09 bits per heavy atom. The van der Waals surface area contributed by atoms with Crippen LogP contribution >= 0.6 is 0 Å². The van der Waals surface area contributed by atoms with Crippen LogP contribution in [0.25, 0.3) is 16.9 Å². The summed E-state index contributed by atoms with van der Waals surface area (Å²) >= 11 is 0. The predicted octanol–water partition coefficient (Wildman–Crippen LogP) is 1.01. The number of benzene rings is 2. The maximum Gasteiger partial charge on any atom is 0.251 e. The number of fused-ring (bicyclic) bond motifs is 3. The number of nitrogens with two attached hydrogens (primary N) is 1. The van der Waals surface area contributed by atoms with E-state index in [2.05, 4.69) is 10.2 Å². The zero-order valence-corrected chi connectivity index (χ0v) is 26.6. The van der Waals surface area contributed by atoms with Crippen molar-refractivity contribution < 1.29 is 39.6 Å². The molecule has 2 aromatic rings. The maximum absolute atomic E-state index is 14.1. The van der Waals surface area contributed by atoms with Gasteiger partial charge >= 0.3 is 0 Å². The molecule has 7 N–H and O–H groups in total. The van der Waals surface area contributed by atoms with E-state index in [1.54, 1.807) is 43.3 Å². The average Bonchev–Trinajstić information content (AvgIpc) is 3.03. The highest BCUT2D eigenvalue weighted by Gasteiger charge is 2.67. The van der Waals surface area contributed by atoms with Crippen molar-refractivity contribution in [2.45, 2.75) is 49.9 Å². The molecule has 1 saturated heterocycles. The first kappa shape index (κ1) is 32.8. The number of carbonyl (C=O) groups is 4. The van der Waals surface area contributed by atoms with Gasteiger partial charge < -0.3 is 41.3 Å². The second-order valence-corrected chi connectivity index (χ2v) is 13.5. The van der Waals surface area contributed by atoms with Crippen LogP contribution in [0.4, 0.5) is 0 Å². The van der Waals surface area contributed by atoms with Gasteiger partial charge in [0.1, 0.15) is 17.4 Å². The number of Topliss-reactive ketones (excluding diaryl/α,β-unsaturated/α-hetero) is 2. The summed E-state index contributed by atoms with van der Waals surface area (Å²) in [4.78, 5) is 56.9. The number of nitrogens with zero attached hydrogens (tertiary/aromatic N) is 2. The van der Waals surface area contributed by atoms with Gasteiger partial charge in [-0.05, 0) is 93.7 Å². The van der Waals surface area contributed by atoms with Gasteiger partial charge in [-0.15, -0.1) is 0 Å². The molecule has 1 heterocycles. The Kier molecular flexibility index (Phi) is 8.73. The summed E-state index contributed by atoms with van der Waals surface area (Å²) in [5.74, 6) is -8.12. The van der Waals surface area contributed by atoms with Gasteiger partial charge in [0.05, 0.1) is 11.7 Å². The minimum atomic E-state index is -2.71. The number of ketones is 2. The smallest absolute Gasteiger partial charge is 0.251 e. The van der Waals surface area contributed by atoms with E-state index in [0.717, 1.165) is 19.6 Å².